The first-order valence-corrected chi connectivity index (χ1v) is 9.38. The molecular formula is C17H28N4S. The lowest BCUT2D eigenvalue weighted by Crippen LogP contribution is -2.45. The van der Waals surface area contributed by atoms with Crippen molar-refractivity contribution in [1.29, 1.82) is 0 Å². The molecule has 2 N–H and O–H groups in total. The molecule has 1 aliphatic heterocycles. The minimum absolute atomic E-state index is 0.538. The van der Waals surface area contributed by atoms with Crippen LogP contribution in [0.3, 0.4) is 0 Å². The zero-order valence-electron chi connectivity index (χ0n) is 13.8. The summed E-state index contributed by atoms with van der Waals surface area (Å²) >= 11 is 1.81. The highest BCUT2D eigenvalue weighted by Crippen LogP contribution is 2.26. The van der Waals surface area contributed by atoms with Gasteiger partial charge in [0.2, 0.25) is 0 Å². The maximum atomic E-state index is 4.38. The van der Waals surface area contributed by atoms with Crippen LogP contribution in [0.1, 0.15) is 42.5 Å². The normalized spacial score (nSPS) is 24.1. The fraction of sp³-hybridized carbons (Fsp3) is 0.706. The SMILES string of the molecule is CN=C(NCc1sccc1C)NC1CCN(C2CCCC2)C1. The van der Waals surface area contributed by atoms with Gasteiger partial charge in [-0.05, 0) is 43.2 Å². The standard InChI is InChI=1S/C17H28N4S/c1-13-8-10-22-16(13)11-19-17(18-2)20-14-7-9-21(12-14)15-5-3-4-6-15/h8,10,14-15H,3-7,9,11-12H2,1-2H3,(H2,18,19,20). The average molecular weight is 321 g/mol. The van der Waals surface area contributed by atoms with Crippen molar-refractivity contribution >= 4 is 17.3 Å². The molecule has 5 heteroatoms. The zero-order chi connectivity index (χ0) is 15.4. The van der Waals surface area contributed by atoms with Gasteiger partial charge >= 0.3 is 0 Å². The van der Waals surface area contributed by atoms with E-state index in [1.807, 2.05) is 18.4 Å². The Morgan fingerprint density at radius 2 is 2.18 bits per heavy atom. The van der Waals surface area contributed by atoms with Gasteiger partial charge in [-0.1, -0.05) is 12.8 Å². The van der Waals surface area contributed by atoms with E-state index in [4.69, 9.17) is 0 Å². The summed E-state index contributed by atoms with van der Waals surface area (Å²) in [7, 11) is 1.86. The van der Waals surface area contributed by atoms with Crippen LogP contribution in [0.5, 0.6) is 0 Å². The summed E-state index contributed by atoms with van der Waals surface area (Å²) < 4.78 is 0. The van der Waals surface area contributed by atoms with Gasteiger partial charge in [-0.2, -0.15) is 0 Å². The lowest BCUT2D eigenvalue weighted by molar-refractivity contribution is 0.242. The van der Waals surface area contributed by atoms with Crippen molar-refractivity contribution in [2.45, 2.75) is 57.7 Å². The molecule has 2 aliphatic rings. The highest BCUT2D eigenvalue weighted by atomic mass is 32.1. The van der Waals surface area contributed by atoms with Crippen molar-refractivity contribution in [1.82, 2.24) is 15.5 Å². The van der Waals surface area contributed by atoms with Crippen LogP contribution in [0, 0.1) is 6.92 Å². The van der Waals surface area contributed by atoms with Gasteiger partial charge in [-0.3, -0.25) is 9.89 Å². The summed E-state index contributed by atoms with van der Waals surface area (Å²) in [5.41, 5.74) is 1.36. The molecule has 1 unspecified atom stereocenters. The van der Waals surface area contributed by atoms with Crippen LogP contribution in [-0.2, 0) is 6.54 Å². The predicted octanol–water partition coefficient (Wildman–Crippen LogP) is 2.74. The third kappa shape index (κ3) is 3.82. The monoisotopic (exact) mass is 320 g/mol. The largest absolute Gasteiger partial charge is 0.352 e. The molecule has 2 heterocycles. The minimum Gasteiger partial charge on any atom is -0.352 e. The van der Waals surface area contributed by atoms with E-state index in [-0.39, 0.29) is 0 Å². The van der Waals surface area contributed by atoms with Crippen molar-refractivity contribution < 1.29 is 0 Å². The number of nitrogens with zero attached hydrogens (tertiary/aromatic N) is 2. The number of aryl methyl sites for hydroxylation is 1. The number of thiophene rings is 1. The van der Waals surface area contributed by atoms with Crippen LogP contribution in [0.4, 0.5) is 0 Å². The van der Waals surface area contributed by atoms with Crippen LogP contribution in [0.25, 0.3) is 0 Å². The molecule has 1 aromatic heterocycles. The summed E-state index contributed by atoms with van der Waals surface area (Å²) in [5, 5.41) is 9.21. The minimum atomic E-state index is 0.538. The first kappa shape index (κ1) is 15.8. The summed E-state index contributed by atoms with van der Waals surface area (Å²) in [5.74, 6) is 0.936. The summed E-state index contributed by atoms with van der Waals surface area (Å²) in [6.45, 7) is 5.44. The molecule has 122 valence electrons. The number of rotatable bonds is 4. The maximum Gasteiger partial charge on any atom is 0.191 e. The second-order valence-corrected chi connectivity index (χ2v) is 7.52. The third-order valence-electron chi connectivity index (χ3n) is 5.01. The Morgan fingerprint density at radius 3 is 2.86 bits per heavy atom. The van der Waals surface area contributed by atoms with E-state index in [9.17, 15) is 0 Å². The smallest absolute Gasteiger partial charge is 0.191 e. The molecule has 0 bridgehead atoms. The second kappa shape index (κ2) is 7.47. The molecule has 1 saturated heterocycles. The molecule has 0 spiro atoms. The van der Waals surface area contributed by atoms with Crippen LogP contribution < -0.4 is 10.6 Å². The highest BCUT2D eigenvalue weighted by Gasteiger charge is 2.30. The van der Waals surface area contributed by atoms with Gasteiger partial charge < -0.3 is 10.6 Å². The molecule has 1 atom stereocenters. The van der Waals surface area contributed by atoms with Gasteiger partial charge in [0.1, 0.15) is 0 Å². The first-order valence-electron chi connectivity index (χ1n) is 8.50. The Bertz CT molecular complexity index is 505. The number of hydrogen-bond donors (Lipinski definition) is 2. The molecule has 0 amide bonds. The van der Waals surface area contributed by atoms with Gasteiger partial charge in [0.15, 0.2) is 5.96 Å². The molecular weight excluding hydrogens is 292 g/mol. The van der Waals surface area contributed by atoms with Crippen molar-refractivity contribution in [3.8, 4) is 0 Å². The Balaban J connectivity index is 1.46. The predicted molar refractivity (Wildman–Crippen MR) is 94.6 cm³/mol. The number of likely N-dealkylation sites (tertiary alicyclic amines) is 1. The number of nitrogens with one attached hydrogen (secondary N) is 2. The van der Waals surface area contributed by atoms with Gasteiger partial charge in [0.05, 0.1) is 6.54 Å². The number of aliphatic imine (C=N–C) groups is 1. The third-order valence-corrected chi connectivity index (χ3v) is 6.03. The Kier molecular flexibility index (Phi) is 5.37. The van der Waals surface area contributed by atoms with Gasteiger partial charge in [0, 0.05) is 37.1 Å². The topological polar surface area (TPSA) is 39.7 Å². The summed E-state index contributed by atoms with van der Waals surface area (Å²) in [6.07, 6.45) is 6.87. The Labute approximate surface area is 138 Å². The van der Waals surface area contributed by atoms with Crippen molar-refractivity contribution in [2.24, 2.45) is 4.99 Å². The van der Waals surface area contributed by atoms with Crippen molar-refractivity contribution in [2.75, 3.05) is 20.1 Å². The lowest BCUT2D eigenvalue weighted by atomic mass is 10.2. The maximum absolute atomic E-state index is 4.38. The van der Waals surface area contributed by atoms with E-state index in [0.717, 1.165) is 18.5 Å². The molecule has 4 nitrogen and oxygen atoms in total. The fourth-order valence-corrected chi connectivity index (χ4v) is 4.49. The van der Waals surface area contributed by atoms with Gasteiger partial charge in [0.25, 0.3) is 0 Å². The van der Waals surface area contributed by atoms with Crippen molar-refractivity contribution in [3.63, 3.8) is 0 Å². The molecule has 3 rings (SSSR count). The average Bonchev–Trinajstić information content (AvgIpc) is 3.25. The highest BCUT2D eigenvalue weighted by molar-refractivity contribution is 7.10. The summed E-state index contributed by atoms with van der Waals surface area (Å²) in [4.78, 5) is 8.46. The lowest BCUT2D eigenvalue weighted by Gasteiger charge is -2.24. The molecule has 0 radical (unpaired) electrons. The van der Waals surface area contributed by atoms with E-state index >= 15 is 0 Å². The van der Waals surface area contributed by atoms with Crippen LogP contribution >= 0.6 is 11.3 Å². The Hall–Kier alpha value is -1.07. The van der Waals surface area contributed by atoms with Crippen molar-refractivity contribution in [3.05, 3.63) is 21.9 Å². The second-order valence-electron chi connectivity index (χ2n) is 6.52. The molecule has 1 aromatic rings. The van der Waals surface area contributed by atoms with Crippen LogP contribution in [0.2, 0.25) is 0 Å². The van der Waals surface area contributed by atoms with E-state index in [1.165, 1.54) is 55.6 Å². The Morgan fingerprint density at radius 1 is 1.36 bits per heavy atom. The van der Waals surface area contributed by atoms with Crippen LogP contribution in [-0.4, -0.2) is 43.1 Å². The fourth-order valence-electron chi connectivity index (χ4n) is 3.64. The van der Waals surface area contributed by atoms with E-state index in [1.54, 1.807) is 0 Å². The van der Waals surface area contributed by atoms with E-state index < -0.39 is 0 Å². The van der Waals surface area contributed by atoms with Gasteiger partial charge in [-0.25, -0.2) is 0 Å². The van der Waals surface area contributed by atoms with Gasteiger partial charge in [-0.15, -0.1) is 11.3 Å². The molecule has 0 aromatic carbocycles. The van der Waals surface area contributed by atoms with E-state index in [0.29, 0.717) is 6.04 Å². The van der Waals surface area contributed by atoms with E-state index in [2.05, 4.69) is 38.9 Å². The molecule has 2 fully saturated rings. The number of guanidine groups is 1. The quantitative estimate of drug-likeness (QED) is 0.662. The summed E-state index contributed by atoms with van der Waals surface area (Å²) in [6, 6.07) is 3.56. The molecule has 1 saturated carbocycles. The number of hydrogen-bond acceptors (Lipinski definition) is 3. The molecule has 1 aliphatic carbocycles. The zero-order valence-corrected chi connectivity index (χ0v) is 14.6. The first-order chi connectivity index (χ1) is 10.8. The molecule has 22 heavy (non-hydrogen) atoms. The van der Waals surface area contributed by atoms with Crippen LogP contribution in [0.15, 0.2) is 16.4 Å².